The van der Waals surface area contributed by atoms with E-state index in [2.05, 4.69) is 0 Å². The molecule has 0 amide bonds. The molecular formula is C7H14O2S. The molecule has 0 N–H and O–H groups in total. The summed E-state index contributed by atoms with van der Waals surface area (Å²) in [6, 6.07) is 0. The standard InChI is InChI=1S/C7H14O2S/c1-10(8,9)7-5-3-2-4-6-7/h7H,2-6H2,1H3. The summed E-state index contributed by atoms with van der Waals surface area (Å²) in [6.45, 7) is 0. The van der Waals surface area contributed by atoms with Crippen LogP contribution in [0.25, 0.3) is 0 Å². The minimum Gasteiger partial charge on any atom is -0.229 e. The van der Waals surface area contributed by atoms with Crippen LogP contribution in [0.2, 0.25) is 0 Å². The molecule has 0 unspecified atom stereocenters. The molecule has 0 aromatic rings. The lowest BCUT2D eigenvalue weighted by Gasteiger charge is -2.19. The van der Waals surface area contributed by atoms with Crippen LogP contribution in [0.1, 0.15) is 32.1 Å². The highest BCUT2D eigenvalue weighted by Gasteiger charge is 2.22. The molecule has 0 saturated heterocycles. The third-order valence-electron chi connectivity index (χ3n) is 2.16. The van der Waals surface area contributed by atoms with Gasteiger partial charge in [-0.05, 0) is 12.8 Å². The van der Waals surface area contributed by atoms with Gasteiger partial charge in [0.2, 0.25) is 0 Å². The van der Waals surface area contributed by atoms with Crippen molar-refractivity contribution >= 4 is 9.84 Å². The van der Waals surface area contributed by atoms with Gasteiger partial charge in [0.05, 0.1) is 5.25 Å². The first-order chi connectivity index (χ1) is 4.61. The zero-order chi connectivity index (χ0) is 7.61. The number of hydrogen-bond acceptors (Lipinski definition) is 2. The Balaban J connectivity index is 2.56. The lowest BCUT2D eigenvalue weighted by Crippen LogP contribution is -2.22. The van der Waals surface area contributed by atoms with Crippen molar-refractivity contribution in [1.82, 2.24) is 0 Å². The molecule has 0 aromatic carbocycles. The van der Waals surface area contributed by atoms with E-state index >= 15 is 0 Å². The quantitative estimate of drug-likeness (QED) is 0.583. The second-order valence-electron chi connectivity index (χ2n) is 3.09. The van der Waals surface area contributed by atoms with Crippen LogP contribution in [0.3, 0.4) is 0 Å². The van der Waals surface area contributed by atoms with Crippen LogP contribution in [-0.4, -0.2) is 19.9 Å². The largest absolute Gasteiger partial charge is 0.229 e. The van der Waals surface area contributed by atoms with E-state index in [4.69, 9.17) is 0 Å². The van der Waals surface area contributed by atoms with Gasteiger partial charge in [-0.2, -0.15) is 0 Å². The second kappa shape index (κ2) is 2.91. The topological polar surface area (TPSA) is 34.1 Å². The summed E-state index contributed by atoms with van der Waals surface area (Å²) in [5.41, 5.74) is 0. The van der Waals surface area contributed by atoms with Crippen LogP contribution >= 0.6 is 0 Å². The molecule has 0 aromatic heterocycles. The zero-order valence-corrected chi connectivity index (χ0v) is 7.15. The highest BCUT2D eigenvalue weighted by atomic mass is 32.2. The van der Waals surface area contributed by atoms with E-state index in [0.717, 1.165) is 25.7 Å². The Morgan fingerprint density at radius 2 is 1.60 bits per heavy atom. The molecule has 0 bridgehead atoms. The fourth-order valence-corrected chi connectivity index (χ4v) is 2.68. The Bertz CT molecular complexity index is 188. The molecule has 1 rings (SSSR count). The summed E-state index contributed by atoms with van der Waals surface area (Å²) in [6.07, 6.45) is 6.53. The maximum Gasteiger partial charge on any atom is 0.150 e. The number of hydrogen-bond donors (Lipinski definition) is 0. The van der Waals surface area contributed by atoms with E-state index in [1.807, 2.05) is 0 Å². The van der Waals surface area contributed by atoms with Crippen molar-refractivity contribution in [3.8, 4) is 0 Å². The Morgan fingerprint density at radius 1 is 1.10 bits per heavy atom. The fraction of sp³-hybridized carbons (Fsp3) is 1.00. The van der Waals surface area contributed by atoms with Crippen LogP contribution in [0, 0.1) is 0 Å². The Morgan fingerprint density at radius 3 is 1.90 bits per heavy atom. The molecule has 1 saturated carbocycles. The predicted octanol–water partition coefficient (Wildman–Crippen LogP) is 1.36. The first-order valence-electron chi connectivity index (χ1n) is 3.79. The first-order valence-corrected chi connectivity index (χ1v) is 5.75. The monoisotopic (exact) mass is 162 g/mol. The van der Waals surface area contributed by atoms with Crippen molar-refractivity contribution in [3.05, 3.63) is 0 Å². The van der Waals surface area contributed by atoms with Gasteiger partial charge in [0.1, 0.15) is 9.84 Å². The lowest BCUT2D eigenvalue weighted by atomic mass is 10.0. The molecule has 10 heavy (non-hydrogen) atoms. The molecule has 2 nitrogen and oxygen atoms in total. The average Bonchev–Trinajstić information content (AvgIpc) is 1.88. The van der Waals surface area contributed by atoms with E-state index in [1.54, 1.807) is 0 Å². The molecule has 0 radical (unpaired) electrons. The third kappa shape index (κ3) is 1.97. The molecule has 0 spiro atoms. The summed E-state index contributed by atoms with van der Waals surface area (Å²) in [5.74, 6) is 0. The summed E-state index contributed by atoms with van der Waals surface area (Å²) < 4.78 is 22.0. The van der Waals surface area contributed by atoms with Crippen molar-refractivity contribution in [2.45, 2.75) is 37.4 Å². The molecular weight excluding hydrogens is 148 g/mol. The van der Waals surface area contributed by atoms with E-state index in [9.17, 15) is 8.42 Å². The van der Waals surface area contributed by atoms with Crippen LogP contribution in [0.15, 0.2) is 0 Å². The van der Waals surface area contributed by atoms with Gasteiger partial charge in [-0.25, -0.2) is 8.42 Å². The van der Waals surface area contributed by atoms with E-state index in [0.29, 0.717) is 0 Å². The zero-order valence-electron chi connectivity index (χ0n) is 6.34. The van der Waals surface area contributed by atoms with Gasteiger partial charge >= 0.3 is 0 Å². The van der Waals surface area contributed by atoms with Gasteiger partial charge in [0, 0.05) is 6.26 Å². The van der Waals surface area contributed by atoms with Crippen LogP contribution in [-0.2, 0) is 9.84 Å². The maximum absolute atomic E-state index is 11.0. The Kier molecular flexibility index (Phi) is 2.34. The Hall–Kier alpha value is -0.0500. The molecule has 0 heterocycles. The van der Waals surface area contributed by atoms with Crippen molar-refractivity contribution in [1.29, 1.82) is 0 Å². The number of rotatable bonds is 1. The van der Waals surface area contributed by atoms with E-state index in [1.165, 1.54) is 12.7 Å². The summed E-state index contributed by atoms with van der Waals surface area (Å²) in [4.78, 5) is 0. The minimum absolute atomic E-state index is 0.0266. The van der Waals surface area contributed by atoms with Gasteiger partial charge in [-0.3, -0.25) is 0 Å². The summed E-state index contributed by atoms with van der Waals surface area (Å²) in [7, 11) is -2.73. The molecule has 60 valence electrons. The van der Waals surface area contributed by atoms with Crippen LogP contribution < -0.4 is 0 Å². The normalized spacial score (nSPS) is 22.9. The molecule has 1 aliphatic carbocycles. The summed E-state index contributed by atoms with van der Waals surface area (Å²) >= 11 is 0. The van der Waals surface area contributed by atoms with Gasteiger partial charge in [0.15, 0.2) is 0 Å². The highest BCUT2D eigenvalue weighted by molar-refractivity contribution is 7.91. The van der Waals surface area contributed by atoms with Crippen LogP contribution in [0.5, 0.6) is 0 Å². The molecule has 1 fully saturated rings. The van der Waals surface area contributed by atoms with Gasteiger partial charge in [0.25, 0.3) is 0 Å². The van der Waals surface area contributed by atoms with Gasteiger partial charge < -0.3 is 0 Å². The second-order valence-corrected chi connectivity index (χ2v) is 5.42. The van der Waals surface area contributed by atoms with Crippen LogP contribution in [0.4, 0.5) is 0 Å². The summed E-state index contributed by atoms with van der Waals surface area (Å²) in [5, 5.41) is -0.0266. The smallest absolute Gasteiger partial charge is 0.150 e. The molecule has 3 heteroatoms. The Labute approximate surface area is 62.5 Å². The predicted molar refractivity (Wildman–Crippen MR) is 41.7 cm³/mol. The molecule has 1 aliphatic rings. The third-order valence-corrected chi connectivity index (χ3v) is 3.84. The van der Waals surface area contributed by atoms with Crippen molar-refractivity contribution < 1.29 is 8.42 Å². The molecule has 0 atom stereocenters. The minimum atomic E-state index is -2.73. The molecule has 0 aliphatic heterocycles. The van der Waals surface area contributed by atoms with Crippen molar-refractivity contribution in [2.24, 2.45) is 0 Å². The average molecular weight is 162 g/mol. The highest BCUT2D eigenvalue weighted by Crippen LogP contribution is 2.22. The van der Waals surface area contributed by atoms with Gasteiger partial charge in [-0.1, -0.05) is 19.3 Å². The first kappa shape index (κ1) is 8.05. The SMILES string of the molecule is CS(=O)(=O)C1CCCCC1. The fourth-order valence-electron chi connectivity index (χ4n) is 1.49. The van der Waals surface area contributed by atoms with Gasteiger partial charge in [-0.15, -0.1) is 0 Å². The van der Waals surface area contributed by atoms with Crippen molar-refractivity contribution in [2.75, 3.05) is 6.26 Å². The van der Waals surface area contributed by atoms with Crippen molar-refractivity contribution in [3.63, 3.8) is 0 Å². The lowest BCUT2D eigenvalue weighted by molar-refractivity contribution is 0.486. The number of sulfone groups is 1. The maximum atomic E-state index is 11.0. The van der Waals surface area contributed by atoms with E-state index in [-0.39, 0.29) is 5.25 Å². The van der Waals surface area contributed by atoms with E-state index < -0.39 is 9.84 Å².